The third kappa shape index (κ3) is 6.59. The number of hydrogen-bond acceptors (Lipinski definition) is 7. The van der Waals surface area contributed by atoms with Gasteiger partial charge in [-0.25, -0.2) is 4.98 Å². The molecule has 0 unspecified atom stereocenters. The van der Waals surface area contributed by atoms with Gasteiger partial charge in [0.1, 0.15) is 0 Å². The van der Waals surface area contributed by atoms with Gasteiger partial charge >= 0.3 is 6.18 Å². The van der Waals surface area contributed by atoms with Crippen LogP contribution in [0, 0.1) is 11.3 Å². The largest absolute Gasteiger partial charge is 0.477 e. The second-order valence-corrected chi connectivity index (χ2v) is 12.4. The van der Waals surface area contributed by atoms with Crippen molar-refractivity contribution in [3.8, 4) is 17.0 Å². The van der Waals surface area contributed by atoms with Crippen LogP contribution in [0.2, 0.25) is 0 Å². The predicted octanol–water partition coefficient (Wildman–Crippen LogP) is 4.47. The Morgan fingerprint density at radius 2 is 1.81 bits per heavy atom. The fourth-order valence-electron chi connectivity index (χ4n) is 6.53. The van der Waals surface area contributed by atoms with Crippen molar-refractivity contribution in [1.82, 2.24) is 14.8 Å². The minimum atomic E-state index is -4.12. The molecule has 0 bridgehead atoms. The monoisotopic (exact) mass is 590 g/mol. The lowest BCUT2D eigenvalue weighted by atomic mass is 9.67. The van der Waals surface area contributed by atoms with Gasteiger partial charge in [-0.2, -0.15) is 13.2 Å². The first-order chi connectivity index (χ1) is 20.0. The van der Waals surface area contributed by atoms with Gasteiger partial charge in [0.05, 0.1) is 37.0 Å². The molecule has 2 aromatic rings. The summed E-state index contributed by atoms with van der Waals surface area (Å²) in [6, 6.07) is 11.0. The number of aliphatic hydroxyl groups is 1. The number of rotatable bonds is 10. The number of ether oxygens (including phenoxy) is 2. The Labute approximate surface area is 245 Å². The number of aromatic nitrogens is 1. The van der Waals surface area contributed by atoms with Crippen LogP contribution in [0.4, 0.5) is 13.2 Å². The molecule has 2 aliphatic heterocycles. The second kappa shape index (κ2) is 12.5. The van der Waals surface area contributed by atoms with Gasteiger partial charge < -0.3 is 30.1 Å². The Balaban J connectivity index is 1.10. The highest BCUT2D eigenvalue weighted by molar-refractivity contribution is 5.95. The van der Waals surface area contributed by atoms with Gasteiger partial charge in [-0.3, -0.25) is 4.79 Å². The second-order valence-electron chi connectivity index (χ2n) is 12.4. The van der Waals surface area contributed by atoms with Crippen LogP contribution in [0.3, 0.4) is 0 Å². The summed E-state index contributed by atoms with van der Waals surface area (Å²) >= 11 is 0. The average Bonchev–Trinajstić information content (AvgIpc) is 3.26. The zero-order chi connectivity index (χ0) is 30.0. The summed E-state index contributed by atoms with van der Waals surface area (Å²) in [4.78, 5) is 21.3. The molecule has 1 aliphatic carbocycles. The Hall–Kier alpha value is -2.73. The van der Waals surface area contributed by atoms with Crippen molar-refractivity contribution in [2.24, 2.45) is 17.1 Å². The van der Waals surface area contributed by atoms with Gasteiger partial charge in [-0.15, -0.1) is 0 Å². The minimum Gasteiger partial charge on any atom is -0.477 e. The fraction of sp³-hybridized carbons (Fsp3) is 0.613. The Bertz CT molecular complexity index is 1200. The van der Waals surface area contributed by atoms with Gasteiger partial charge in [0, 0.05) is 42.9 Å². The quantitative estimate of drug-likeness (QED) is 0.394. The molecule has 1 amide bonds. The molecule has 3 N–H and O–H groups in total. The lowest BCUT2D eigenvalue weighted by molar-refractivity contribution is -0.256. The third-order valence-electron chi connectivity index (χ3n) is 9.31. The maximum absolute atomic E-state index is 13.5. The molecule has 1 aromatic carbocycles. The van der Waals surface area contributed by atoms with Crippen molar-refractivity contribution >= 4 is 5.91 Å². The van der Waals surface area contributed by atoms with E-state index in [2.05, 4.69) is 4.98 Å². The first-order valence-corrected chi connectivity index (χ1v) is 14.8. The van der Waals surface area contributed by atoms with Crippen LogP contribution >= 0.6 is 0 Å². The summed E-state index contributed by atoms with van der Waals surface area (Å²) in [5.41, 5.74) is 5.64. The van der Waals surface area contributed by atoms with Gasteiger partial charge in [-0.1, -0.05) is 18.6 Å². The highest BCUT2D eigenvalue weighted by Crippen LogP contribution is 2.53. The van der Waals surface area contributed by atoms with Crippen LogP contribution in [-0.4, -0.2) is 89.7 Å². The molecule has 42 heavy (non-hydrogen) atoms. The summed E-state index contributed by atoms with van der Waals surface area (Å²) in [7, 11) is 0. The number of aliphatic hydroxyl groups excluding tert-OH is 1. The summed E-state index contributed by atoms with van der Waals surface area (Å²) in [6.45, 7) is 4.38. The van der Waals surface area contributed by atoms with E-state index in [0.29, 0.717) is 44.0 Å². The molecular weight excluding hydrogens is 549 g/mol. The van der Waals surface area contributed by atoms with E-state index in [0.717, 1.165) is 24.0 Å². The molecule has 11 heteroatoms. The number of likely N-dealkylation sites (tertiary alicyclic amines) is 2. The topological polar surface area (TPSA) is 101 Å². The third-order valence-corrected chi connectivity index (χ3v) is 9.31. The van der Waals surface area contributed by atoms with Crippen molar-refractivity contribution in [1.29, 1.82) is 0 Å². The Kier molecular flexibility index (Phi) is 9.13. The number of nitrogens with zero attached hydrogens (tertiary/aromatic N) is 3. The molecule has 8 nitrogen and oxygen atoms in total. The molecule has 230 valence electrons. The lowest BCUT2D eigenvalue weighted by Gasteiger charge is -2.47. The van der Waals surface area contributed by atoms with Crippen molar-refractivity contribution in [3.05, 3.63) is 48.2 Å². The molecule has 2 atom stereocenters. The summed E-state index contributed by atoms with van der Waals surface area (Å²) < 4.78 is 51.9. The zero-order valence-corrected chi connectivity index (χ0v) is 24.1. The van der Waals surface area contributed by atoms with Crippen molar-refractivity contribution in [2.75, 3.05) is 46.1 Å². The zero-order valence-electron chi connectivity index (χ0n) is 24.1. The molecule has 3 aliphatic rings. The molecule has 2 saturated heterocycles. The number of pyridine rings is 1. The first kappa shape index (κ1) is 30.7. The number of hydrogen-bond donors (Lipinski definition) is 2. The number of β-amino-alcohol motifs (C(OH)–C–C–N with tert-alkyl or cyclic N) is 1. The number of piperidine rings is 1. The van der Waals surface area contributed by atoms with Crippen LogP contribution in [0.15, 0.2) is 42.6 Å². The minimum absolute atomic E-state index is 0.0501. The predicted molar refractivity (Wildman–Crippen MR) is 152 cm³/mol. The van der Waals surface area contributed by atoms with Crippen LogP contribution < -0.4 is 10.5 Å². The smallest absolute Gasteiger partial charge is 0.395 e. The fourth-order valence-corrected chi connectivity index (χ4v) is 6.53. The number of carbonyl (C=O) groups excluding carboxylic acids is 1. The average molecular weight is 591 g/mol. The van der Waals surface area contributed by atoms with E-state index in [9.17, 15) is 23.1 Å². The van der Waals surface area contributed by atoms with E-state index in [1.807, 2.05) is 36.1 Å². The normalized spacial score (nSPS) is 24.9. The lowest BCUT2D eigenvalue weighted by Crippen LogP contribution is -2.53. The van der Waals surface area contributed by atoms with E-state index in [1.54, 1.807) is 23.2 Å². The van der Waals surface area contributed by atoms with E-state index < -0.39 is 23.2 Å². The van der Waals surface area contributed by atoms with E-state index in [-0.39, 0.29) is 51.1 Å². The SMILES string of the molecule is C[C@@]1(COCN)C[C@@H](O)CN1C(=O)c1ccc(-c2ccc(OCC3CCN(CC4(C(F)(F)F)CCC4)CC3)nc2)cc1. The van der Waals surface area contributed by atoms with Crippen molar-refractivity contribution < 1.29 is 32.5 Å². The van der Waals surface area contributed by atoms with Crippen molar-refractivity contribution in [2.45, 2.75) is 63.3 Å². The van der Waals surface area contributed by atoms with Gasteiger partial charge in [0.15, 0.2) is 0 Å². The number of amides is 1. The maximum atomic E-state index is 13.5. The number of benzene rings is 1. The van der Waals surface area contributed by atoms with E-state index in [1.165, 1.54) is 0 Å². The summed E-state index contributed by atoms with van der Waals surface area (Å²) in [5.74, 6) is 0.623. The number of nitrogens with two attached hydrogens (primary N) is 1. The number of alkyl halides is 3. The summed E-state index contributed by atoms with van der Waals surface area (Å²) in [5, 5.41) is 10.2. The Morgan fingerprint density at radius 3 is 2.38 bits per heavy atom. The van der Waals surface area contributed by atoms with Crippen LogP contribution in [0.1, 0.15) is 55.8 Å². The van der Waals surface area contributed by atoms with Gasteiger partial charge in [0.2, 0.25) is 5.88 Å². The van der Waals surface area contributed by atoms with E-state index >= 15 is 0 Å². The molecular formula is C31H41F3N4O4. The highest BCUT2D eigenvalue weighted by atomic mass is 19.4. The number of carbonyl (C=O) groups is 1. The van der Waals surface area contributed by atoms with Gasteiger partial charge in [0.25, 0.3) is 5.91 Å². The molecule has 3 heterocycles. The first-order valence-electron chi connectivity index (χ1n) is 14.8. The Morgan fingerprint density at radius 1 is 1.12 bits per heavy atom. The molecule has 0 radical (unpaired) electrons. The molecule has 1 saturated carbocycles. The maximum Gasteiger partial charge on any atom is 0.395 e. The molecule has 1 aromatic heterocycles. The van der Waals surface area contributed by atoms with Gasteiger partial charge in [-0.05, 0) is 75.4 Å². The van der Waals surface area contributed by atoms with E-state index in [4.69, 9.17) is 15.2 Å². The van der Waals surface area contributed by atoms with Crippen LogP contribution in [0.25, 0.3) is 11.1 Å². The molecule has 0 spiro atoms. The molecule has 3 fully saturated rings. The number of halogens is 3. The van der Waals surface area contributed by atoms with Crippen molar-refractivity contribution in [3.63, 3.8) is 0 Å². The standard InChI is InChI=1S/C31H41F3N4O4/c1-29(20-41-21-35)15-26(39)17-38(29)28(40)24-5-3-23(4-6-24)25-7-8-27(36-16-25)42-18-22-9-13-37(14-10-22)19-30(11-2-12-30)31(32,33)34/h3-8,16,22,26,39H,2,9-15,17-21,35H2,1H3/t26-,29+/m1/s1. The van der Waals surface area contributed by atoms with Crippen LogP contribution in [-0.2, 0) is 4.74 Å². The molecule has 5 rings (SSSR count). The summed E-state index contributed by atoms with van der Waals surface area (Å²) in [6.07, 6.45) is 0.206. The highest BCUT2D eigenvalue weighted by Gasteiger charge is 2.58. The van der Waals surface area contributed by atoms with Crippen LogP contribution in [0.5, 0.6) is 5.88 Å².